The number of aryl methyl sites for hydroxylation is 1. The second kappa shape index (κ2) is 13.4. The Bertz CT molecular complexity index is 511. The van der Waals surface area contributed by atoms with Crippen molar-refractivity contribution < 1.29 is 9.59 Å². The van der Waals surface area contributed by atoms with Gasteiger partial charge in [0.15, 0.2) is 0 Å². The summed E-state index contributed by atoms with van der Waals surface area (Å²) in [4.78, 5) is 24.8. The van der Waals surface area contributed by atoms with Crippen molar-refractivity contribution in [3.05, 3.63) is 34.9 Å². The molecule has 4 heteroatoms. The summed E-state index contributed by atoms with van der Waals surface area (Å²) in [7, 11) is 0. The van der Waals surface area contributed by atoms with Gasteiger partial charge in [0.1, 0.15) is 0 Å². The van der Waals surface area contributed by atoms with Gasteiger partial charge in [-0.15, -0.1) is 0 Å². The molecule has 2 amide bonds. The summed E-state index contributed by atoms with van der Waals surface area (Å²) in [6.07, 6.45) is 9.83. The fraction of sp³-hybridized carbons (Fsp3) is 0.636. The van der Waals surface area contributed by atoms with Crippen LogP contribution in [0.5, 0.6) is 0 Å². The van der Waals surface area contributed by atoms with E-state index in [-0.39, 0.29) is 11.8 Å². The molecule has 1 rings (SSSR count). The van der Waals surface area contributed by atoms with E-state index < -0.39 is 0 Å². The first-order chi connectivity index (χ1) is 12.6. The minimum atomic E-state index is -0.0891. The quantitative estimate of drug-likeness (QED) is 0.493. The van der Waals surface area contributed by atoms with Gasteiger partial charge in [0.25, 0.3) is 11.8 Å². The summed E-state index contributed by atoms with van der Waals surface area (Å²) in [5, 5.41) is 5.94. The van der Waals surface area contributed by atoms with Crippen LogP contribution in [0.3, 0.4) is 0 Å². The molecule has 0 aliphatic heterocycles. The highest BCUT2D eigenvalue weighted by Gasteiger charge is 2.12. The van der Waals surface area contributed by atoms with E-state index in [1.165, 1.54) is 25.7 Å². The number of hydrogen-bond donors (Lipinski definition) is 2. The standard InChI is InChI=1S/C22H36N2O2/c1-4-7-9-11-13-23-21(25)19-15-18(6-3)16-20(17-19)22(26)24-14-12-10-8-5-2/h15-17H,4-14H2,1-3H3,(H,23,25)(H,24,26). The van der Waals surface area contributed by atoms with Crippen LogP contribution < -0.4 is 10.6 Å². The zero-order chi connectivity index (χ0) is 19.2. The Morgan fingerprint density at radius 3 is 1.54 bits per heavy atom. The highest BCUT2D eigenvalue weighted by atomic mass is 16.2. The fourth-order valence-corrected chi connectivity index (χ4v) is 2.87. The van der Waals surface area contributed by atoms with Gasteiger partial charge in [-0.25, -0.2) is 0 Å². The minimum absolute atomic E-state index is 0.0891. The molecule has 0 saturated heterocycles. The Labute approximate surface area is 159 Å². The molecule has 0 bridgehead atoms. The van der Waals surface area contributed by atoms with Crippen molar-refractivity contribution in [1.82, 2.24) is 10.6 Å². The predicted molar refractivity (Wildman–Crippen MR) is 109 cm³/mol. The van der Waals surface area contributed by atoms with Gasteiger partial charge in [-0.05, 0) is 43.0 Å². The maximum absolute atomic E-state index is 12.4. The number of hydrogen-bond acceptors (Lipinski definition) is 2. The van der Waals surface area contributed by atoms with E-state index in [9.17, 15) is 9.59 Å². The van der Waals surface area contributed by atoms with E-state index in [1.54, 1.807) is 6.07 Å². The Hall–Kier alpha value is -1.84. The van der Waals surface area contributed by atoms with Gasteiger partial charge < -0.3 is 10.6 Å². The van der Waals surface area contributed by atoms with Gasteiger partial charge in [0.05, 0.1) is 0 Å². The SMILES string of the molecule is CCCCCCNC(=O)c1cc(CC)cc(C(=O)NCCCCCC)c1. The molecule has 0 heterocycles. The van der Waals surface area contributed by atoms with Gasteiger partial charge in [-0.2, -0.15) is 0 Å². The number of nitrogens with one attached hydrogen (secondary N) is 2. The number of rotatable bonds is 13. The van der Waals surface area contributed by atoms with Crippen molar-refractivity contribution in [3.8, 4) is 0 Å². The van der Waals surface area contributed by atoms with E-state index in [2.05, 4.69) is 24.5 Å². The molecular weight excluding hydrogens is 324 g/mol. The lowest BCUT2D eigenvalue weighted by Gasteiger charge is -2.10. The van der Waals surface area contributed by atoms with Crippen LogP contribution in [-0.2, 0) is 6.42 Å². The predicted octanol–water partition coefficient (Wildman–Crippen LogP) is 4.87. The first-order valence-electron chi connectivity index (χ1n) is 10.3. The topological polar surface area (TPSA) is 58.2 Å². The van der Waals surface area contributed by atoms with Gasteiger partial charge in [-0.3, -0.25) is 9.59 Å². The van der Waals surface area contributed by atoms with Crippen molar-refractivity contribution in [2.24, 2.45) is 0 Å². The van der Waals surface area contributed by atoms with E-state index in [1.807, 2.05) is 19.1 Å². The third kappa shape index (κ3) is 8.50. The van der Waals surface area contributed by atoms with Crippen molar-refractivity contribution in [1.29, 1.82) is 0 Å². The Balaban J connectivity index is 2.62. The van der Waals surface area contributed by atoms with Crippen molar-refractivity contribution in [3.63, 3.8) is 0 Å². The van der Waals surface area contributed by atoms with Gasteiger partial charge in [0.2, 0.25) is 0 Å². The molecule has 26 heavy (non-hydrogen) atoms. The van der Waals surface area contributed by atoms with Crippen LogP contribution in [-0.4, -0.2) is 24.9 Å². The van der Waals surface area contributed by atoms with Crippen molar-refractivity contribution in [2.75, 3.05) is 13.1 Å². The lowest BCUT2D eigenvalue weighted by molar-refractivity contribution is 0.0952. The molecule has 4 nitrogen and oxygen atoms in total. The first-order valence-corrected chi connectivity index (χ1v) is 10.3. The average Bonchev–Trinajstić information content (AvgIpc) is 2.66. The summed E-state index contributed by atoms with van der Waals surface area (Å²) >= 11 is 0. The molecule has 0 fully saturated rings. The van der Waals surface area contributed by atoms with Gasteiger partial charge in [0, 0.05) is 24.2 Å². The summed E-state index contributed by atoms with van der Waals surface area (Å²) in [5.74, 6) is -0.178. The zero-order valence-corrected chi connectivity index (χ0v) is 16.8. The molecule has 1 aromatic rings. The maximum Gasteiger partial charge on any atom is 0.251 e. The van der Waals surface area contributed by atoms with Gasteiger partial charge in [-0.1, -0.05) is 59.3 Å². The minimum Gasteiger partial charge on any atom is -0.352 e. The van der Waals surface area contributed by atoms with Crippen LogP contribution in [0.2, 0.25) is 0 Å². The summed E-state index contributed by atoms with van der Waals surface area (Å²) < 4.78 is 0. The average molecular weight is 361 g/mol. The van der Waals surface area contributed by atoms with Gasteiger partial charge >= 0.3 is 0 Å². The molecule has 0 atom stereocenters. The normalized spacial score (nSPS) is 10.6. The Kier molecular flexibility index (Phi) is 11.4. The van der Waals surface area contributed by atoms with Crippen LogP contribution >= 0.6 is 0 Å². The second-order valence-corrected chi connectivity index (χ2v) is 6.91. The Morgan fingerprint density at radius 2 is 1.15 bits per heavy atom. The number of amides is 2. The number of carbonyl (C=O) groups excluding carboxylic acids is 2. The lowest BCUT2D eigenvalue weighted by atomic mass is 10.0. The largest absolute Gasteiger partial charge is 0.352 e. The highest BCUT2D eigenvalue weighted by Crippen LogP contribution is 2.12. The van der Waals surface area contributed by atoms with E-state index >= 15 is 0 Å². The second-order valence-electron chi connectivity index (χ2n) is 6.91. The molecule has 0 aromatic heterocycles. The highest BCUT2D eigenvalue weighted by molar-refractivity contribution is 6.00. The molecule has 0 aliphatic rings. The monoisotopic (exact) mass is 360 g/mol. The summed E-state index contributed by atoms with van der Waals surface area (Å²) in [5.41, 5.74) is 2.17. The van der Waals surface area contributed by atoms with Crippen LogP contribution in [0, 0.1) is 0 Å². The van der Waals surface area contributed by atoms with Crippen LogP contribution in [0.1, 0.15) is 98.4 Å². The first kappa shape index (κ1) is 22.2. The molecule has 146 valence electrons. The van der Waals surface area contributed by atoms with Crippen LogP contribution in [0.4, 0.5) is 0 Å². The molecule has 0 aliphatic carbocycles. The Morgan fingerprint density at radius 1 is 0.692 bits per heavy atom. The van der Waals surface area contributed by atoms with E-state index in [0.717, 1.165) is 37.7 Å². The lowest BCUT2D eigenvalue weighted by Crippen LogP contribution is -2.27. The molecule has 0 unspecified atom stereocenters. The van der Waals surface area contributed by atoms with Crippen LogP contribution in [0.15, 0.2) is 18.2 Å². The van der Waals surface area contributed by atoms with E-state index in [4.69, 9.17) is 0 Å². The molecule has 2 N–H and O–H groups in total. The smallest absolute Gasteiger partial charge is 0.251 e. The maximum atomic E-state index is 12.4. The third-order valence-corrected chi connectivity index (χ3v) is 4.56. The number of unbranched alkanes of at least 4 members (excludes halogenated alkanes) is 6. The van der Waals surface area contributed by atoms with E-state index in [0.29, 0.717) is 24.2 Å². The molecule has 0 radical (unpaired) electrons. The molecule has 0 spiro atoms. The third-order valence-electron chi connectivity index (χ3n) is 4.56. The van der Waals surface area contributed by atoms with Crippen molar-refractivity contribution in [2.45, 2.75) is 78.6 Å². The van der Waals surface area contributed by atoms with Crippen molar-refractivity contribution >= 4 is 11.8 Å². The zero-order valence-electron chi connectivity index (χ0n) is 16.8. The molecular formula is C22H36N2O2. The number of benzene rings is 1. The molecule has 1 aromatic carbocycles. The molecule has 0 saturated carbocycles. The number of carbonyl (C=O) groups is 2. The summed E-state index contributed by atoms with van der Waals surface area (Å²) in [6.45, 7) is 7.76. The summed E-state index contributed by atoms with van der Waals surface area (Å²) in [6, 6.07) is 5.49. The fourth-order valence-electron chi connectivity index (χ4n) is 2.87. The van der Waals surface area contributed by atoms with Crippen LogP contribution in [0.25, 0.3) is 0 Å².